The number of aryl methyl sites for hydroxylation is 1. The summed E-state index contributed by atoms with van der Waals surface area (Å²) in [5, 5.41) is 2.82. The molecule has 7 nitrogen and oxygen atoms in total. The number of aromatic nitrogens is 3. The van der Waals surface area contributed by atoms with Crippen LogP contribution in [0.5, 0.6) is 11.5 Å². The molecule has 0 bridgehead atoms. The molecule has 182 valence electrons. The second kappa shape index (κ2) is 10.3. The lowest BCUT2D eigenvalue weighted by atomic mass is 10.1. The minimum atomic E-state index is -3.25. The van der Waals surface area contributed by atoms with Crippen LogP contribution in [0.4, 0.5) is 28.9 Å². The van der Waals surface area contributed by atoms with E-state index in [0.717, 1.165) is 11.6 Å². The van der Waals surface area contributed by atoms with Gasteiger partial charge in [-0.1, -0.05) is 18.2 Å². The first-order valence-electron chi connectivity index (χ1n) is 10.4. The molecule has 2 aromatic carbocycles. The van der Waals surface area contributed by atoms with E-state index in [1.54, 1.807) is 60.9 Å². The fourth-order valence-corrected chi connectivity index (χ4v) is 3.56. The average molecular weight is 488 g/mol. The molecule has 0 unspecified atom stereocenters. The molecule has 0 atom stereocenters. The molecule has 35 heavy (non-hydrogen) atoms. The number of rotatable bonds is 9. The largest absolute Gasteiger partial charge is 0.431 e. The number of halogens is 4. The van der Waals surface area contributed by atoms with Crippen molar-refractivity contribution in [3.05, 3.63) is 89.1 Å². The zero-order valence-electron chi connectivity index (χ0n) is 18.4. The van der Waals surface area contributed by atoms with Crippen LogP contribution < -0.4 is 19.9 Å². The maximum atomic E-state index is 13.0. The van der Waals surface area contributed by atoms with Crippen LogP contribution in [0.3, 0.4) is 0 Å². The van der Waals surface area contributed by atoms with Gasteiger partial charge in [-0.2, -0.15) is 17.6 Å². The van der Waals surface area contributed by atoms with Gasteiger partial charge in [0.15, 0.2) is 11.5 Å². The van der Waals surface area contributed by atoms with Gasteiger partial charge in [0.1, 0.15) is 0 Å². The predicted molar refractivity (Wildman–Crippen MR) is 121 cm³/mol. The first kappa shape index (κ1) is 23.9. The van der Waals surface area contributed by atoms with E-state index in [2.05, 4.69) is 19.6 Å². The Kier molecular flexibility index (Phi) is 7.04. The van der Waals surface area contributed by atoms with Crippen molar-refractivity contribution in [2.45, 2.75) is 19.8 Å². The molecule has 0 saturated carbocycles. The van der Waals surface area contributed by atoms with Crippen molar-refractivity contribution in [2.75, 3.05) is 4.90 Å². The van der Waals surface area contributed by atoms with E-state index in [-0.39, 0.29) is 12.1 Å². The van der Waals surface area contributed by atoms with E-state index in [1.165, 1.54) is 16.8 Å². The fraction of sp³-hybridized carbons (Fsp3) is 0.167. The molecule has 4 aromatic rings. The Balaban J connectivity index is 1.80. The number of anilines is 2. The standard InChI is InChI=1S/C24H20F4N4O3/c1-31-22(33)19(13-30-31)16-5-2-6-17(10-16)32(14-15-4-3-9-29-12-15)18-7-8-20(34-23(25)26)21(11-18)35-24(27)28/h2-13,23-24,30H,14H2,1H3. The first-order chi connectivity index (χ1) is 16.8. The van der Waals surface area contributed by atoms with Gasteiger partial charge >= 0.3 is 13.2 Å². The van der Waals surface area contributed by atoms with Gasteiger partial charge in [-0.25, -0.2) is 0 Å². The number of benzene rings is 2. The number of aromatic amines is 1. The van der Waals surface area contributed by atoms with E-state index >= 15 is 0 Å². The smallest absolute Gasteiger partial charge is 0.387 e. The third kappa shape index (κ3) is 5.62. The number of H-pyrrole nitrogens is 1. The van der Waals surface area contributed by atoms with Gasteiger partial charge in [-0.3, -0.25) is 14.5 Å². The zero-order valence-corrected chi connectivity index (χ0v) is 18.4. The monoisotopic (exact) mass is 488 g/mol. The lowest BCUT2D eigenvalue weighted by Crippen LogP contribution is -2.18. The van der Waals surface area contributed by atoms with Crippen LogP contribution in [0.25, 0.3) is 11.1 Å². The third-order valence-electron chi connectivity index (χ3n) is 5.14. The summed E-state index contributed by atoms with van der Waals surface area (Å²) in [6, 6.07) is 14.4. The van der Waals surface area contributed by atoms with E-state index in [4.69, 9.17) is 0 Å². The van der Waals surface area contributed by atoms with Gasteiger partial charge in [0, 0.05) is 49.6 Å². The predicted octanol–water partition coefficient (Wildman–Crippen LogP) is 5.32. The second-order valence-corrected chi connectivity index (χ2v) is 7.44. The van der Waals surface area contributed by atoms with Crippen LogP contribution >= 0.6 is 0 Å². The number of ether oxygens (including phenoxy) is 2. The molecule has 4 rings (SSSR count). The Hall–Kier alpha value is -4.28. The Morgan fingerprint density at radius 1 is 0.971 bits per heavy atom. The third-order valence-corrected chi connectivity index (χ3v) is 5.14. The molecule has 0 spiro atoms. The summed E-state index contributed by atoms with van der Waals surface area (Å²) in [5.74, 6) is -1.06. The number of pyridine rings is 1. The number of hydrogen-bond donors (Lipinski definition) is 1. The molecule has 1 N–H and O–H groups in total. The van der Waals surface area contributed by atoms with Crippen molar-refractivity contribution in [1.29, 1.82) is 0 Å². The van der Waals surface area contributed by atoms with E-state index in [9.17, 15) is 22.4 Å². The van der Waals surface area contributed by atoms with Crippen LogP contribution in [0.1, 0.15) is 5.56 Å². The summed E-state index contributed by atoms with van der Waals surface area (Å²) in [6.45, 7) is -6.20. The highest BCUT2D eigenvalue weighted by Crippen LogP contribution is 2.38. The molecule has 0 saturated heterocycles. The average Bonchev–Trinajstić information content (AvgIpc) is 3.17. The summed E-state index contributed by atoms with van der Waals surface area (Å²) < 4.78 is 61.7. The number of nitrogens with zero attached hydrogens (tertiary/aromatic N) is 3. The van der Waals surface area contributed by atoms with Crippen LogP contribution in [-0.2, 0) is 13.6 Å². The van der Waals surface area contributed by atoms with Crippen molar-refractivity contribution in [3.8, 4) is 22.6 Å². The van der Waals surface area contributed by atoms with Crippen molar-refractivity contribution in [3.63, 3.8) is 0 Å². The molecular weight excluding hydrogens is 468 g/mol. The molecule has 2 aromatic heterocycles. The summed E-state index contributed by atoms with van der Waals surface area (Å²) in [4.78, 5) is 18.3. The van der Waals surface area contributed by atoms with Crippen molar-refractivity contribution >= 4 is 11.4 Å². The molecule has 11 heteroatoms. The molecule has 0 fully saturated rings. The minimum Gasteiger partial charge on any atom is -0.431 e. The SMILES string of the molecule is Cn1[nH]cc(-c2cccc(N(Cc3cccnc3)c3ccc(OC(F)F)c(OC(F)F)c3)c2)c1=O. The van der Waals surface area contributed by atoms with E-state index in [0.29, 0.717) is 22.5 Å². The number of nitrogens with one attached hydrogen (secondary N) is 1. The summed E-state index contributed by atoms with van der Waals surface area (Å²) in [5.41, 5.74) is 2.62. The highest BCUT2D eigenvalue weighted by molar-refractivity contribution is 5.73. The fourth-order valence-electron chi connectivity index (χ4n) is 3.56. The van der Waals surface area contributed by atoms with Crippen LogP contribution in [0, 0.1) is 0 Å². The second-order valence-electron chi connectivity index (χ2n) is 7.44. The first-order valence-corrected chi connectivity index (χ1v) is 10.4. The highest BCUT2D eigenvalue weighted by Gasteiger charge is 2.19. The van der Waals surface area contributed by atoms with E-state index < -0.39 is 24.7 Å². The number of hydrogen-bond acceptors (Lipinski definition) is 5. The van der Waals surface area contributed by atoms with Crippen LogP contribution in [-0.4, -0.2) is 28.0 Å². The van der Waals surface area contributed by atoms with Gasteiger partial charge in [-0.05, 0) is 41.5 Å². The van der Waals surface area contributed by atoms with Gasteiger partial charge < -0.3 is 19.5 Å². The highest BCUT2D eigenvalue weighted by atomic mass is 19.3. The Morgan fingerprint density at radius 3 is 2.37 bits per heavy atom. The van der Waals surface area contributed by atoms with Crippen molar-refractivity contribution in [1.82, 2.24) is 14.8 Å². The van der Waals surface area contributed by atoms with Gasteiger partial charge in [0.25, 0.3) is 5.56 Å². The summed E-state index contributed by atoms with van der Waals surface area (Å²) in [6.07, 6.45) is 4.84. The summed E-state index contributed by atoms with van der Waals surface area (Å²) >= 11 is 0. The molecule has 2 heterocycles. The zero-order chi connectivity index (χ0) is 24.9. The quantitative estimate of drug-likeness (QED) is 0.323. The molecule has 0 radical (unpaired) electrons. The summed E-state index contributed by atoms with van der Waals surface area (Å²) in [7, 11) is 1.60. The Morgan fingerprint density at radius 2 is 1.71 bits per heavy atom. The normalized spacial score (nSPS) is 11.2. The van der Waals surface area contributed by atoms with Crippen molar-refractivity contribution in [2.24, 2.45) is 7.05 Å². The molecule has 0 amide bonds. The van der Waals surface area contributed by atoms with Gasteiger partial charge in [0.05, 0.1) is 5.56 Å². The maximum Gasteiger partial charge on any atom is 0.387 e. The van der Waals surface area contributed by atoms with Crippen LogP contribution in [0.2, 0.25) is 0 Å². The van der Waals surface area contributed by atoms with Crippen LogP contribution in [0.15, 0.2) is 78.0 Å². The maximum absolute atomic E-state index is 13.0. The van der Waals surface area contributed by atoms with Gasteiger partial charge in [0.2, 0.25) is 0 Å². The lowest BCUT2D eigenvalue weighted by Gasteiger charge is -2.26. The minimum absolute atomic E-state index is 0.220. The molecule has 0 aliphatic heterocycles. The molecule has 0 aliphatic carbocycles. The topological polar surface area (TPSA) is 72.4 Å². The number of alkyl halides is 4. The Labute approximate surface area is 197 Å². The van der Waals surface area contributed by atoms with Gasteiger partial charge in [-0.15, -0.1) is 0 Å². The van der Waals surface area contributed by atoms with Crippen molar-refractivity contribution < 1.29 is 27.0 Å². The lowest BCUT2D eigenvalue weighted by molar-refractivity contribution is -0.0692. The molecular formula is C24H20F4N4O3. The molecule has 0 aliphatic rings. The van der Waals surface area contributed by atoms with E-state index in [1.807, 2.05) is 6.07 Å². The Bertz CT molecular complexity index is 1340.